The van der Waals surface area contributed by atoms with Crippen LogP contribution in [0, 0.1) is 0 Å². The highest BCUT2D eigenvalue weighted by atomic mass is 16.1. The molecule has 60 valence electrons. The maximum atomic E-state index is 10.7. The molecule has 0 bridgehead atoms. The summed E-state index contributed by atoms with van der Waals surface area (Å²) in [7, 11) is 0. The fourth-order valence-electron chi connectivity index (χ4n) is 1.16. The second-order valence-corrected chi connectivity index (χ2v) is 2.75. The van der Waals surface area contributed by atoms with Crippen molar-refractivity contribution in [1.82, 2.24) is 4.90 Å². The number of nitrogens with zero attached hydrogens (tertiary/aromatic N) is 1. The van der Waals surface area contributed by atoms with Gasteiger partial charge in [0.25, 0.3) is 0 Å². The minimum atomic E-state index is 0.212. The van der Waals surface area contributed by atoms with Gasteiger partial charge in [-0.2, -0.15) is 0 Å². The van der Waals surface area contributed by atoms with Gasteiger partial charge in [0.2, 0.25) is 0 Å². The van der Waals surface area contributed by atoms with Crippen LogP contribution < -0.4 is 0 Å². The molecular formula is C10H9NO. The average molecular weight is 159 g/mol. The van der Waals surface area contributed by atoms with E-state index in [0.29, 0.717) is 6.42 Å². The van der Waals surface area contributed by atoms with Crippen molar-refractivity contribution in [2.24, 2.45) is 0 Å². The van der Waals surface area contributed by atoms with Gasteiger partial charge >= 0.3 is 0 Å². The van der Waals surface area contributed by atoms with Crippen LogP contribution in [-0.4, -0.2) is 10.7 Å². The van der Waals surface area contributed by atoms with E-state index >= 15 is 0 Å². The van der Waals surface area contributed by atoms with Gasteiger partial charge in [0, 0.05) is 24.2 Å². The predicted molar refractivity (Wildman–Crippen MR) is 47.0 cm³/mol. The highest BCUT2D eigenvalue weighted by Crippen LogP contribution is 2.20. The van der Waals surface area contributed by atoms with E-state index in [4.69, 9.17) is 0 Å². The lowest BCUT2D eigenvalue weighted by molar-refractivity contribution is -0.115. The molecular weight excluding hydrogens is 150 g/mol. The maximum absolute atomic E-state index is 10.7. The Morgan fingerprint density at radius 3 is 2.17 bits per heavy atom. The van der Waals surface area contributed by atoms with Crippen molar-refractivity contribution in [2.45, 2.75) is 6.42 Å². The minimum Gasteiger partial charge on any atom is -0.327 e. The normalized spacial score (nSPS) is 20.5. The van der Waals surface area contributed by atoms with E-state index in [-0.39, 0.29) is 5.78 Å². The molecule has 0 unspecified atom stereocenters. The number of rotatable bonds is 1. The van der Waals surface area contributed by atoms with Crippen molar-refractivity contribution in [1.29, 1.82) is 0 Å². The Morgan fingerprint density at radius 2 is 1.67 bits per heavy atom. The van der Waals surface area contributed by atoms with E-state index in [9.17, 15) is 4.79 Å². The van der Waals surface area contributed by atoms with Gasteiger partial charge in [0.1, 0.15) is 0 Å². The van der Waals surface area contributed by atoms with Crippen LogP contribution in [0.2, 0.25) is 0 Å². The molecule has 1 aliphatic carbocycles. The van der Waals surface area contributed by atoms with E-state index in [2.05, 4.69) is 0 Å². The quantitative estimate of drug-likeness (QED) is 0.580. The molecule has 0 saturated heterocycles. The van der Waals surface area contributed by atoms with Gasteiger partial charge in [0.15, 0.2) is 5.78 Å². The van der Waals surface area contributed by atoms with Crippen molar-refractivity contribution in [2.75, 3.05) is 0 Å². The summed E-state index contributed by atoms with van der Waals surface area (Å²) in [6, 6.07) is 0. The number of hydrogen-bond donors (Lipinski definition) is 0. The Hall–Kier alpha value is -1.57. The SMILES string of the molecule is O=C1C=C(N2C=CC=CC=C2)C1. The first-order valence-corrected chi connectivity index (χ1v) is 3.90. The Labute approximate surface area is 71.2 Å². The molecule has 2 nitrogen and oxygen atoms in total. The third kappa shape index (κ3) is 1.23. The highest BCUT2D eigenvalue weighted by Gasteiger charge is 2.18. The summed E-state index contributed by atoms with van der Waals surface area (Å²) >= 11 is 0. The summed E-state index contributed by atoms with van der Waals surface area (Å²) in [5, 5.41) is 0. The van der Waals surface area contributed by atoms with Gasteiger partial charge in [-0.25, -0.2) is 0 Å². The fraction of sp³-hybridized carbons (Fsp3) is 0.100. The van der Waals surface area contributed by atoms with Crippen molar-refractivity contribution in [3.05, 3.63) is 48.5 Å². The average Bonchev–Trinajstić information content (AvgIpc) is 2.26. The molecule has 2 heteroatoms. The molecule has 12 heavy (non-hydrogen) atoms. The van der Waals surface area contributed by atoms with E-state index in [1.54, 1.807) is 6.08 Å². The first-order chi connectivity index (χ1) is 5.86. The van der Waals surface area contributed by atoms with Gasteiger partial charge < -0.3 is 4.90 Å². The number of hydrogen-bond acceptors (Lipinski definition) is 2. The lowest BCUT2D eigenvalue weighted by Crippen LogP contribution is -2.20. The summed E-state index contributed by atoms with van der Waals surface area (Å²) in [4.78, 5) is 12.6. The zero-order chi connectivity index (χ0) is 8.39. The second kappa shape index (κ2) is 2.81. The second-order valence-electron chi connectivity index (χ2n) is 2.75. The van der Waals surface area contributed by atoms with Crippen LogP contribution in [0.3, 0.4) is 0 Å². The molecule has 0 atom stereocenters. The third-order valence-electron chi connectivity index (χ3n) is 1.84. The summed E-state index contributed by atoms with van der Waals surface area (Å²) < 4.78 is 0. The van der Waals surface area contributed by atoms with Gasteiger partial charge in [-0.15, -0.1) is 0 Å². The Bertz CT molecular complexity index is 305. The number of allylic oxidation sites excluding steroid dienone is 6. The first-order valence-electron chi connectivity index (χ1n) is 3.90. The fourth-order valence-corrected chi connectivity index (χ4v) is 1.16. The van der Waals surface area contributed by atoms with Crippen molar-refractivity contribution in [3.63, 3.8) is 0 Å². The summed E-state index contributed by atoms with van der Waals surface area (Å²) in [5.41, 5.74) is 1.07. The lowest BCUT2D eigenvalue weighted by Gasteiger charge is -2.23. The number of carbonyl (C=O) groups is 1. The smallest absolute Gasteiger partial charge is 0.163 e. The molecule has 1 heterocycles. The zero-order valence-electron chi connectivity index (χ0n) is 6.60. The largest absolute Gasteiger partial charge is 0.327 e. The summed E-state index contributed by atoms with van der Waals surface area (Å²) in [5.74, 6) is 0.212. The molecule has 2 rings (SSSR count). The minimum absolute atomic E-state index is 0.212. The summed E-state index contributed by atoms with van der Waals surface area (Å²) in [6.07, 6.45) is 13.9. The topological polar surface area (TPSA) is 20.3 Å². The molecule has 0 amide bonds. The number of ketones is 1. The monoisotopic (exact) mass is 159 g/mol. The van der Waals surface area contributed by atoms with E-state index in [1.165, 1.54) is 0 Å². The molecule has 0 aromatic carbocycles. The van der Waals surface area contributed by atoms with Gasteiger partial charge in [0.05, 0.1) is 6.42 Å². The standard InChI is InChI=1S/C10H9NO/c12-10-7-9(8-10)11-5-3-1-2-4-6-11/h1-7H,8H2. The van der Waals surface area contributed by atoms with Crippen LogP contribution in [0.5, 0.6) is 0 Å². The van der Waals surface area contributed by atoms with E-state index in [0.717, 1.165) is 5.70 Å². The lowest BCUT2D eigenvalue weighted by atomic mass is 10.0. The Balaban J connectivity index is 2.15. The van der Waals surface area contributed by atoms with Crippen LogP contribution in [0.15, 0.2) is 48.5 Å². The molecule has 0 saturated carbocycles. The van der Waals surface area contributed by atoms with Crippen LogP contribution in [0.25, 0.3) is 0 Å². The van der Waals surface area contributed by atoms with Crippen molar-refractivity contribution >= 4 is 5.78 Å². The molecule has 0 radical (unpaired) electrons. The molecule has 0 aromatic heterocycles. The van der Waals surface area contributed by atoms with Gasteiger partial charge in [-0.3, -0.25) is 4.79 Å². The Kier molecular flexibility index (Phi) is 1.67. The molecule has 2 aliphatic rings. The molecule has 0 spiro atoms. The van der Waals surface area contributed by atoms with Crippen LogP contribution in [0.4, 0.5) is 0 Å². The van der Waals surface area contributed by atoms with Crippen LogP contribution in [0.1, 0.15) is 6.42 Å². The maximum Gasteiger partial charge on any atom is 0.163 e. The molecule has 0 aromatic rings. The van der Waals surface area contributed by atoms with Crippen LogP contribution in [-0.2, 0) is 4.79 Å². The number of carbonyl (C=O) groups excluding carboxylic acids is 1. The van der Waals surface area contributed by atoms with E-state index in [1.807, 2.05) is 41.6 Å². The zero-order valence-corrected chi connectivity index (χ0v) is 6.60. The molecule has 0 N–H and O–H groups in total. The van der Waals surface area contributed by atoms with Gasteiger partial charge in [-0.1, -0.05) is 12.2 Å². The molecule has 0 fully saturated rings. The molecule has 1 aliphatic heterocycles. The summed E-state index contributed by atoms with van der Waals surface area (Å²) in [6.45, 7) is 0. The highest BCUT2D eigenvalue weighted by molar-refractivity contribution is 5.98. The predicted octanol–water partition coefficient (Wildman–Crippen LogP) is 1.74. The van der Waals surface area contributed by atoms with Crippen LogP contribution >= 0.6 is 0 Å². The van der Waals surface area contributed by atoms with Gasteiger partial charge in [-0.05, 0) is 12.2 Å². The van der Waals surface area contributed by atoms with Crippen molar-refractivity contribution < 1.29 is 4.79 Å². The van der Waals surface area contributed by atoms with Crippen molar-refractivity contribution in [3.8, 4) is 0 Å². The van der Waals surface area contributed by atoms with E-state index < -0.39 is 0 Å². The Morgan fingerprint density at radius 1 is 1.08 bits per heavy atom. The third-order valence-corrected chi connectivity index (χ3v) is 1.84. The first kappa shape index (κ1) is 7.10.